The molecule has 0 aromatic carbocycles. The number of unbranched alkanes of at least 4 members (excludes halogenated alkanes) is 4. The number of carbonyl (C=O) groups is 2. The van der Waals surface area contributed by atoms with E-state index in [4.69, 9.17) is 4.74 Å². The highest BCUT2D eigenvalue weighted by atomic mass is 79.9. The second-order valence-corrected chi connectivity index (χ2v) is 5.57. The zero-order valence-electron chi connectivity index (χ0n) is 11.8. The number of ketones is 2. The molecule has 0 spiro atoms. The highest BCUT2D eigenvalue weighted by Crippen LogP contribution is 2.31. The fourth-order valence-corrected chi connectivity index (χ4v) is 2.84. The Morgan fingerprint density at radius 3 is 2.26 bits per heavy atom. The van der Waals surface area contributed by atoms with Gasteiger partial charge in [0.1, 0.15) is 4.48 Å². The van der Waals surface area contributed by atoms with Crippen LogP contribution >= 0.6 is 15.9 Å². The van der Waals surface area contributed by atoms with E-state index >= 15 is 0 Å². The van der Waals surface area contributed by atoms with E-state index in [1.807, 2.05) is 0 Å². The van der Waals surface area contributed by atoms with E-state index in [1.165, 1.54) is 26.4 Å². The molecule has 0 fully saturated rings. The molecule has 0 unspecified atom stereocenters. The first-order valence-electron chi connectivity index (χ1n) is 6.77. The van der Waals surface area contributed by atoms with E-state index < -0.39 is 0 Å². The average molecular weight is 329 g/mol. The molecule has 1 aliphatic carbocycles. The SMILES string of the molecule is CCCCCCCC1=C(C)C(=O)C(Br)=C(OC)C1=O. The van der Waals surface area contributed by atoms with Crippen LogP contribution in [0.15, 0.2) is 21.4 Å². The zero-order chi connectivity index (χ0) is 14.4. The van der Waals surface area contributed by atoms with Gasteiger partial charge < -0.3 is 4.74 Å². The summed E-state index contributed by atoms with van der Waals surface area (Å²) in [5, 5.41) is 0. The molecule has 0 N–H and O–H groups in total. The van der Waals surface area contributed by atoms with Crippen molar-refractivity contribution in [2.24, 2.45) is 0 Å². The van der Waals surface area contributed by atoms with Gasteiger partial charge >= 0.3 is 0 Å². The number of halogens is 1. The van der Waals surface area contributed by atoms with Crippen molar-refractivity contribution < 1.29 is 14.3 Å². The van der Waals surface area contributed by atoms with Gasteiger partial charge in [0, 0.05) is 11.1 Å². The number of hydrogen-bond donors (Lipinski definition) is 0. The first-order valence-corrected chi connectivity index (χ1v) is 7.56. The molecule has 0 radical (unpaired) electrons. The Morgan fingerprint density at radius 1 is 1.05 bits per heavy atom. The lowest BCUT2D eigenvalue weighted by Gasteiger charge is -2.18. The number of carbonyl (C=O) groups excluding carboxylic acids is 2. The van der Waals surface area contributed by atoms with Gasteiger partial charge in [0.05, 0.1) is 7.11 Å². The van der Waals surface area contributed by atoms with Crippen molar-refractivity contribution >= 4 is 27.5 Å². The lowest BCUT2D eigenvalue weighted by Crippen LogP contribution is -2.22. The van der Waals surface area contributed by atoms with Crippen LogP contribution in [0.2, 0.25) is 0 Å². The van der Waals surface area contributed by atoms with E-state index in [2.05, 4.69) is 22.9 Å². The van der Waals surface area contributed by atoms with Crippen molar-refractivity contribution in [2.75, 3.05) is 7.11 Å². The molecule has 0 aromatic heterocycles. The first kappa shape index (κ1) is 16.2. The lowest BCUT2D eigenvalue weighted by atomic mass is 9.90. The van der Waals surface area contributed by atoms with Crippen molar-refractivity contribution in [3.63, 3.8) is 0 Å². The zero-order valence-corrected chi connectivity index (χ0v) is 13.4. The van der Waals surface area contributed by atoms with Crippen LogP contribution in [0, 0.1) is 0 Å². The number of Topliss-reactive ketones (excluding diaryl/α,β-unsaturated/α-hetero) is 2. The van der Waals surface area contributed by atoms with Gasteiger partial charge in [0.2, 0.25) is 5.78 Å². The van der Waals surface area contributed by atoms with Gasteiger partial charge in [0.15, 0.2) is 11.5 Å². The topological polar surface area (TPSA) is 43.4 Å². The third-order valence-corrected chi connectivity index (χ3v) is 4.13. The van der Waals surface area contributed by atoms with Crippen molar-refractivity contribution in [1.29, 1.82) is 0 Å². The minimum absolute atomic E-state index is 0.138. The molecule has 0 saturated heterocycles. The van der Waals surface area contributed by atoms with Crippen molar-refractivity contribution in [3.05, 3.63) is 21.4 Å². The average Bonchev–Trinajstić information content (AvgIpc) is 2.40. The Hall–Kier alpha value is -0.900. The molecule has 0 bridgehead atoms. The predicted octanol–water partition coefficient (Wildman–Crippen LogP) is 4.07. The second-order valence-electron chi connectivity index (χ2n) is 4.77. The Bertz CT molecular complexity index is 433. The number of methoxy groups -OCH3 is 1. The highest BCUT2D eigenvalue weighted by molar-refractivity contribution is 9.12. The minimum Gasteiger partial charge on any atom is -0.491 e. The van der Waals surface area contributed by atoms with E-state index in [-0.39, 0.29) is 21.8 Å². The Labute approximate surface area is 123 Å². The van der Waals surface area contributed by atoms with Gasteiger partial charge in [-0.05, 0) is 35.7 Å². The van der Waals surface area contributed by atoms with Crippen LogP contribution in [-0.4, -0.2) is 18.7 Å². The predicted molar refractivity (Wildman–Crippen MR) is 79.1 cm³/mol. The third-order valence-electron chi connectivity index (χ3n) is 3.41. The summed E-state index contributed by atoms with van der Waals surface area (Å²) < 4.78 is 5.28. The Balaban J connectivity index is 2.72. The molecule has 0 aliphatic heterocycles. The van der Waals surface area contributed by atoms with Crippen molar-refractivity contribution in [2.45, 2.75) is 52.4 Å². The molecule has 0 heterocycles. The summed E-state index contributed by atoms with van der Waals surface area (Å²) in [6.07, 6.45) is 6.30. The summed E-state index contributed by atoms with van der Waals surface area (Å²) in [7, 11) is 1.42. The highest BCUT2D eigenvalue weighted by Gasteiger charge is 2.31. The molecule has 0 saturated carbocycles. The van der Waals surface area contributed by atoms with E-state index in [0.717, 1.165) is 12.8 Å². The monoisotopic (exact) mass is 328 g/mol. The second kappa shape index (κ2) is 7.63. The van der Waals surface area contributed by atoms with E-state index in [9.17, 15) is 9.59 Å². The maximum absolute atomic E-state index is 12.2. The van der Waals surface area contributed by atoms with Crippen LogP contribution in [0.25, 0.3) is 0 Å². The van der Waals surface area contributed by atoms with Crippen LogP contribution in [0.3, 0.4) is 0 Å². The lowest BCUT2D eigenvalue weighted by molar-refractivity contribution is -0.118. The molecule has 19 heavy (non-hydrogen) atoms. The summed E-state index contributed by atoms with van der Waals surface area (Å²) in [4.78, 5) is 24.2. The molecule has 0 atom stereocenters. The standard InChI is InChI=1S/C15H21BrO3/c1-4-5-6-7-8-9-11-10(2)13(17)12(16)15(19-3)14(11)18/h4-9H2,1-3H3. The van der Waals surface area contributed by atoms with Crippen molar-refractivity contribution in [3.8, 4) is 0 Å². The molecule has 1 rings (SSSR count). The minimum atomic E-state index is -0.151. The molecule has 0 amide bonds. The quantitative estimate of drug-likeness (QED) is 0.522. The maximum atomic E-state index is 12.2. The van der Waals surface area contributed by atoms with Gasteiger partial charge in [-0.1, -0.05) is 32.6 Å². The van der Waals surface area contributed by atoms with E-state index in [0.29, 0.717) is 17.6 Å². The summed E-state index contributed by atoms with van der Waals surface area (Å²) in [5.41, 5.74) is 1.16. The summed E-state index contributed by atoms with van der Waals surface area (Å²) >= 11 is 3.14. The Morgan fingerprint density at radius 2 is 1.68 bits per heavy atom. The Kier molecular flexibility index (Phi) is 6.49. The summed E-state index contributed by atoms with van der Waals surface area (Å²) in [6.45, 7) is 3.89. The van der Waals surface area contributed by atoms with Gasteiger partial charge in [-0.15, -0.1) is 0 Å². The maximum Gasteiger partial charge on any atom is 0.225 e. The smallest absolute Gasteiger partial charge is 0.225 e. The van der Waals surface area contributed by atoms with Crippen LogP contribution in [0.1, 0.15) is 52.4 Å². The van der Waals surface area contributed by atoms with Gasteiger partial charge in [-0.2, -0.15) is 0 Å². The molecule has 0 aromatic rings. The normalized spacial score (nSPS) is 16.4. The van der Waals surface area contributed by atoms with Gasteiger partial charge in [-0.3, -0.25) is 9.59 Å². The number of allylic oxidation sites excluding steroid dienone is 3. The molecule has 4 heteroatoms. The van der Waals surface area contributed by atoms with E-state index in [1.54, 1.807) is 6.92 Å². The van der Waals surface area contributed by atoms with Gasteiger partial charge in [0.25, 0.3) is 0 Å². The number of hydrogen-bond acceptors (Lipinski definition) is 3. The fraction of sp³-hybridized carbons (Fsp3) is 0.600. The molecule has 106 valence electrons. The van der Waals surface area contributed by atoms with Gasteiger partial charge in [-0.25, -0.2) is 0 Å². The molecular formula is C15H21BrO3. The van der Waals surface area contributed by atoms with Crippen LogP contribution in [-0.2, 0) is 14.3 Å². The summed E-state index contributed by atoms with van der Waals surface area (Å²) in [5.74, 6) is -0.152. The molecule has 3 nitrogen and oxygen atoms in total. The number of rotatable bonds is 7. The van der Waals surface area contributed by atoms with Crippen molar-refractivity contribution in [1.82, 2.24) is 0 Å². The first-order chi connectivity index (χ1) is 9.04. The fourth-order valence-electron chi connectivity index (χ4n) is 2.20. The molecule has 1 aliphatic rings. The van der Waals surface area contributed by atoms with Crippen LogP contribution < -0.4 is 0 Å². The molecular weight excluding hydrogens is 308 g/mol. The summed E-state index contributed by atoms with van der Waals surface area (Å²) in [6, 6.07) is 0. The van der Waals surface area contributed by atoms with Crippen LogP contribution in [0.5, 0.6) is 0 Å². The largest absolute Gasteiger partial charge is 0.491 e. The van der Waals surface area contributed by atoms with Crippen LogP contribution in [0.4, 0.5) is 0 Å². The number of ether oxygens (including phenoxy) is 1. The third kappa shape index (κ3) is 3.78.